The summed E-state index contributed by atoms with van der Waals surface area (Å²) in [4.78, 5) is 40.1. The van der Waals surface area contributed by atoms with Gasteiger partial charge in [-0.15, -0.1) is 0 Å². The molecule has 0 saturated heterocycles. The van der Waals surface area contributed by atoms with Gasteiger partial charge >= 0.3 is 0 Å². The van der Waals surface area contributed by atoms with Gasteiger partial charge in [-0.1, -0.05) is 37.3 Å². The summed E-state index contributed by atoms with van der Waals surface area (Å²) in [5, 5.41) is 5.58. The molecule has 0 fully saturated rings. The van der Waals surface area contributed by atoms with Gasteiger partial charge in [0.25, 0.3) is 0 Å². The van der Waals surface area contributed by atoms with E-state index in [1.807, 2.05) is 37.3 Å². The van der Waals surface area contributed by atoms with Crippen LogP contribution >= 0.6 is 0 Å². The molecule has 10 heteroatoms. The molecule has 2 aromatic carbocycles. The van der Waals surface area contributed by atoms with Crippen molar-refractivity contribution in [2.45, 2.75) is 44.7 Å². The van der Waals surface area contributed by atoms with E-state index in [0.717, 1.165) is 12.0 Å². The van der Waals surface area contributed by atoms with Gasteiger partial charge in [-0.05, 0) is 49.1 Å². The fourth-order valence-corrected chi connectivity index (χ4v) is 3.67. The number of benzene rings is 2. The molecule has 0 saturated carbocycles. The van der Waals surface area contributed by atoms with Crippen molar-refractivity contribution >= 4 is 23.4 Å². The standard InChI is InChI=1S/C27H40N6O4/c1-2-18-37-22-11-9-21(10-12-22)31-27(36)24(13-8-20-6-4-3-5-7-20)32-26(35)23(30)19-25(34)33(16-14-28)17-15-29/h3-7,9-12,23-24H,2,8,13-19,28-30H2,1H3,(H,31,36)(H,32,35)/t23-,24-/m0/s1. The Bertz CT molecular complexity index is 965. The normalized spacial score (nSPS) is 12.3. The van der Waals surface area contributed by atoms with Crippen LogP contribution < -0.4 is 32.6 Å². The second-order valence-electron chi connectivity index (χ2n) is 8.72. The molecule has 0 aliphatic heterocycles. The van der Waals surface area contributed by atoms with Gasteiger partial charge in [0.15, 0.2) is 0 Å². The third kappa shape index (κ3) is 10.6. The summed E-state index contributed by atoms with van der Waals surface area (Å²) in [6.45, 7) is 3.85. The second kappa shape index (κ2) is 16.3. The average Bonchev–Trinajstić information content (AvgIpc) is 2.90. The minimum atomic E-state index is -1.12. The summed E-state index contributed by atoms with van der Waals surface area (Å²) in [5.41, 5.74) is 18.8. The molecular formula is C27H40N6O4. The van der Waals surface area contributed by atoms with Crippen molar-refractivity contribution in [1.82, 2.24) is 10.2 Å². The zero-order valence-corrected chi connectivity index (χ0v) is 21.5. The van der Waals surface area contributed by atoms with Crippen LogP contribution in [0.2, 0.25) is 0 Å². The first-order valence-corrected chi connectivity index (χ1v) is 12.7. The minimum absolute atomic E-state index is 0.210. The Morgan fingerprint density at radius 1 is 0.946 bits per heavy atom. The largest absolute Gasteiger partial charge is 0.494 e. The highest BCUT2D eigenvalue weighted by Crippen LogP contribution is 2.17. The van der Waals surface area contributed by atoms with Crippen LogP contribution in [0.3, 0.4) is 0 Å². The number of carbonyl (C=O) groups excluding carboxylic acids is 3. The lowest BCUT2D eigenvalue weighted by Gasteiger charge is -2.24. The third-order valence-corrected chi connectivity index (χ3v) is 5.67. The number of carbonyl (C=O) groups is 3. The summed E-state index contributed by atoms with van der Waals surface area (Å²) >= 11 is 0. The number of nitrogens with two attached hydrogens (primary N) is 3. The molecule has 0 unspecified atom stereocenters. The van der Waals surface area contributed by atoms with Gasteiger partial charge in [-0.25, -0.2) is 0 Å². The molecule has 37 heavy (non-hydrogen) atoms. The van der Waals surface area contributed by atoms with Crippen LogP contribution in [-0.2, 0) is 20.8 Å². The summed E-state index contributed by atoms with van der Waals surface area (Å²) in [7, 11) is 0. The topological polar surface area (TPSA) is 166 Å². The lowest BCUT2D eigenvalue weighted by molar-refractivity contribution is -0.134. The van der Waals surface area contributed by atoms with Crippen molar-refractivity contribution in [2.75, 3.05) is 38.1 Å². The molecule has 0 aromatic heterocycles. The lowest BCUT2D eigenvalue weighted by Crippen LogP contribution is -2.52. The van der Waals surface area contributed by atoms with Gasteiger partial charge in [0.2, 0.25) is 17.7 Å². The fraction of sp³-hybridized carbons (Fsp3) is 0.444. The summed E-state index contributed by atoms with van der Waals surface area (Å²) in [6, 6.07) is 14.7. The molecular weight excluding hydrogens is 472 g/mol. The van der Waals surface area contributed by atoms with Crippen molar-refractivity contribution in [3.63, 3.8) is 0 Å². The molecule has 2 atom stereocenters. The molecule has 0 heterocycles. The van der Waals surface area contributed by atoms with Crippen LogP contribution in [0.5, 0.6) is 5.75 Å². The summed E-state index contributed by atoms with van der Waals surface area (Å²) < 4.78 is 5.58. The maximum absolute atomic E-state index is 13.1. The molecule has 3 amide bonds. The van der Waals surface area contributed by atoms with Crippen LogP contribution in [0.1, 0.15) is 31.7 Å². The van der Waals surface area contributed by atoms with Crippen LogP contribution in [0.4, 0.5) is 5.69 Å². The van der Waals surface area contributed by atoms with Gasteiger partial charge in [0.1, 0.15) is 11.8 Å². The Kier molecular flexibility index (Phi) is 13.1. The van der Waals surface area contributed by atoms with Crippen molar-refractivity contribution in [3.8, 4) is 5.75 Å². The van der Waals surface area contributed by atoms with E-state index < -0.39 is 18.0 Å². The van der Waals surface area contributed by atoms with Gasteiger partial charge in [-0.2, -0.15) is 0 Å². The monoisotopic (exact) mass is 512 g/mol. The predicted octanol–water partition coefficient (Wildman–Crippen LogP) is 0.995. The van der Waals surface area contributed by atoms with E-state index in [0.29, 0.717) is 44.0 Å². The minimum Gasteiger partial charge on any atom is -0.494 e. The molecule has 8 N–H and O–H groups in total. The Morgan fingerprint density at radius 3 is 2.19 bits per heavy atom. The Morgan fingerprint density at radius 2 is 1.59 bits per heavy atom. The number of rotatable bonds is 16. The highest BCUT2D eigenvalue weighted by Gasteiger charge is 2.26. The van der Waals surface area contributed by atoms with Gasteiger partial charge in [0, 0.05) is 31.9 Å². The molecule has 0 aliphatic rings. The lowest BCUT2D eigenvalue weighted by atomic mass is 10.0. The van der Waals surface area contributed by atoms with E-state index in [4.69, 9.17) is 21.9 Å². The first-order chi connectivity index (χ1) is 17.9. The Labute approximate surface area is 218 Å². The van der Waals surface area contributed by atoms with Gasteiger partial charge in [-0.3, -0.25) is 14.4 Å². The summed E-state index contributed by atoms with van der Waals surface area (Å²) in [5.74, 6) is -0.555. The first-order valence-electron chi connectivity index (χ1n) is 12.7. The number of anilines is 1. The number of nitrogens with one attached hydrogen (secondary N) is 2. The molecule has 0 aliphatic carbocycles. The zero-order valence-electron chi connectivity index (χ0n) is 21.5. The van der Waals surface area contributed by atoms with E-state index in [9.17, 15) is 14.4 Å². The number of aryl methyl sites for hydroxylation is 1. The quantitative estimate of drug-likeness (QED) is 0.224. The fourth-order valence-electron chi connectivity index (χ4n) is 3.67. The first kappa shape index (κ1) is 29.8. The van der Waals surface area contributed by atoms with Crippen LogP contribution in [0.15, 0.2) is 54.6 Å². The SMILES string of the molecule is CCCOc1ccc(NC(=O)[C@H](CCc2ccccc2)NC(=O)[C@@H](N)CC(=O)N(CCN)CCN)cc1. The molecule has 0 radical (unpaired) electrons. The highest BCUT2D eigenvalue weighted by atomic mass is 16.5. The van der Waals surface area contributed by atoms with E-state index in [2.05, 4.69) is 10.6 Å². The molecule has 10 nitrogen and oxygen atoms in total. The number of hydrogen-bond donors (Lipinski definition) is 5. The molecule has 2 rings (SSSR count). The molecule has 202 valence electrons. The van der Waals surface area contributed by atoms with E-state index in [1.54, 1.807) is 24.3 Å². The zero-order chi connectivity index (χ0) is 27.0. The van der Waals surface area contributed by atoms with Crippen LogP contribution in [0.25, 0.3) is 0 Å². The molecule has 0 spiro atoms. The van der Waals surface area contributed by atoms with Crippen molar-refractivity contribution in [3.05, 3.63) is 60.2 Å². The number of amides is 3. The van der Waals surface area contributed by atoms with Crippen LogP contribution in [0, 0.1) is 0 Å². The second-order valence-corrected chi connectivity index (χ2v) is 8.72. The smallest absolute Gasteiger partial charge is 0.246 e. The molecule has 0 bridgehead atoms. The van der Waals surface area contributed by atoms with Gasteiger partial charge < -0.3 is 37.5 Å². The van der Waals surface area contributed by atoms with Crippen molar-refractivity contribution in [2.24, 2.45) is 17.2 Å². The third-order valence-electron chi connectivity index (χ3n) is 5.67. The van der Waals surface area contributed by atoms with Gasteiger partial charge in [0.05, 0.1) is 19.1 Å². The van der Waals surface area contributed by atoms with E-state index >= 15 is 0 Å². The van der Waals surface area contributed by atoms with Crippen LogP contribution in [-0.4, -0.2) is 67.5 Å². The Hall–Kier alpha value is -3.47. The average molecular weight is 513 g/mol. The summed E-state index contributed by atoms with van der Waals surface area (Å²) in [6.07, 6.45) is 1.61. The number of ether oxygens (including phenoxy) is 1. The van der Waals surface area contributed by atoms with E-state index in [1.165, 1.54) is 4.90 Å². The highest BCUT2D eigenvalue weighted by molar-refractivity contribution is 5.98. The Balaban J connectivity index is 2.06. The van der Waals surface area contributed by atoms with Crippen molar-refractivity contribution in [1.29, 1.82) is 0 Å². The number of nitrogens with zero attached hydrogens (tertiary/aromatic N) is 1. The maximum atomic E-state index is 13.1. The van der Waals surface area contributed by atoms with E-state index in [-0.39, 0.29) is 31.3 Å². The number of hydrogen-bond acceptors (Lipinski definition) is 7. The van der Waals surface area contributed by atoms with Crippen molar-refractivity contribution < 1.29 is 19.1 Å². The maximum Gasteiger partial charge on any atom is 0.246 e. The molecule has 2 aromatic rings. The predicted molar refractivity (Wildman–Crippen MR) is 145 cm³/mol.